The molecule has 2 amide bonds. The van der Waals surface area contributed by atoms with Gasteiger partial charge in [0.15, 0.2) is 0 Å². The number of nitrogens with one attached hydrogen (secondary N) is 3. The molecule has 0 heterocycles. The van der Waals surface area contributed by atoms with Gasteiger partial charge in [0.25, 0.3) is 5.91 Å². The molecule has 0 saturated heterocycles. The van der Waals surface area contributed by atoms with Crippen LogP contribution in [0.4, 0.5) is 5.69 Å². The first kappa shape index (κ1) is 24.2. The molecule has 1 atom stereocenters. The number of anilines is 1. The minimum Gasteiger partial charge on any atom is -0.346 e. The fourth-order valence-corrected chi connectivity index (χ4v) is 4.36. The summed E-state index contributed by atoms with van der Waals surface area (Å²) in [5.74, 6) is -0.566. The highest BCUT2D eigenvalue weighted by Crippen LogP contribution is 2.20. The van der Waals surface area contributed by atoms with Gasteiger partial charge < -0.3 is 10.6 Å². The Hall–Kier alpha value is -3.49. The third kappa shape index (κ3) is 6.50. The van der Waals surface area contributed by atoms with Gasteiger partial charge in [0.1, 0.15) is 0 Å². The first-order valence-electron chi connectivity index (χ1n) is 10.5. The van der Waals surface area contributed by atoms with Crippen molar-refractivity contribution in [1.82, 2.24) is 10.0 Å². The van der Waals surface area contributed by atoms with E-state index in [9.17, 15) is 18.0 Å². The van der Waals surface area contributed by atoms with E-state index < -0.39 is 10.0 Å². The lowest BCUT2D eigenvalue weighted by molar-refractivity contribution is -0.114. The van der Waals surface area contributed by atoms with E-state index in [2.05, 4.69) is 15.4 Å². The van der Waals surface area contributed by atoms with Crippen molar-refractivity contribution in [2.24, 2.45) is 0 Å². The second-order valence-corrected chi connectivity index (χ2v) is 9.56. The highest BCUT2D eigenvalue weighted by Gasteiger charge is 2.19. The van der Waals surface area contributed by atoms with Gasteiger partial charge in [-0.15, -0.1) is 0 Å². The third-order valence-electron chi connectivity index (χ3n) is 5.13. The molecule has 0 aliphatic heterocycles. The number of amides is 2. The number of aryl methyl sites for hydroxylation is 1. The summed E-state index contributed by atoms with van der Waals surface area (Å²) < 4.78 is 28.1. The number of benzene rings is 3. The van der Waals surface area contributed by atoms with Gasteiger partial charge in [-0.1, -0.05) is 48.5 Å². The van der Waals surface area contributed by atoms with Crippen molar-refractivity contribution in [1.29, 1.82) is 0 Å². The van der Waals surface area contributed by atoms with E-state index in [1.165, 1.54) is 19.1 Å². The van der Waals surface area contributed by atoms with Crippen molar-refractivity contribution in [3.05, 3.63) is 95.1 Å². The van der Waals surface area contributed by atoms with Crippen molar-refractivity contribution in [2.45, 2.75) is 38.3 Å². The minimum atomic E-state index is -3.80. The van der Waals surface area contributed by atoms with E-state index >= 15 is 0 Å². The Morgan fingerprint density at radius 1 is 0.939 bits per heavy atom. The van der Waals surface area contributed by atoms with Crippen LogP contribution in [0.1, 0.15) is 46.9 Å². The van der Waals surface area contributed by atoms with E-state index in [4.69, 9.17) is 0 Å². The number of carbonyl (C=O) groups excluding carboxylic acids is 2. The second-order valence-electron chi connectivity index (χ2n) is 7.79. The highest BCUT2D eigenvalue weighted by molar-refractivity contribution is 7.89. The first-order valence-corrected chi connectivity index (χ1v) is 12.0. The summed E-state index contributed by atoms with van der Waals surface area (Å²) in [5, 5.41) is 5.62. The predicted molar refractivity (Wildman–Crippen MR) is 128 cm³/mol. The van der Waals surface area contributed by atoms with Gasteiger partial charge in [-0.25, -0.2) is 13.1 Å². The summed E-state index contributed by atoms with van der Waals surface area (Å²) in [6.07, 6.45) is 0. The number of hydrogen-bond acceptors (Lipinski definition) is 4. The molecule has 7 nitrogen and oxygen atoms in total. The van der Waals surface area contributed by atoms with E-state index in [0.29, 0.717) is 11.3 Å². The van der Waals surface area contributed by atoms with Crippen LogP contribution in [0.2, 0.25) is 0 Å². The van der Waals surface area contributed by atoms with Gasteiger partial charge in [0.2, 0.25) is 15.9 Å². The van der Waals surface area contributed by atoms with Crippen LogP contribution in [0.5, 0.6) is 0 Å². The molecule has 3 aromatic rings. The van der Waals surface area contributed by atoms with Gasteiger partial charge in [-0.05, 0) is 54.8 Å². The molecule has 1 unspecified atom stereocenters. The quantitative estimate of drug-likeness (QED) is 0.469. The number of sulfonamides is 1. The molecule has 3 N–H and O–H groups in total. The Labute approximate surface area is 194 Å². The van der Waals surface area contributed by atoms with Crippen LogP contribution in [0.15, 0.2) is 77.7 Å². The molecule has 0 radical (unpaired) electrons. The zero-order valence-corrected chi connectivity index (χ0v) is 19.6. The van der Waals surface area contributed by atoms with Gasteiger partial charge in [0.05, 0.1) is 10.9 Å². The Morgan fingerprint density at radius 2 is 1.67 bits per heavy atom. The molecule has 0 saturated carbocycles. The Bertz CT molecular complexity index is 1260. The van der Waals surface area contributed by atoms with E-state index in [-0.39, 0.29) is 34.9 Å². The molecule has 0 aromatic heterocycles. The van der Waals surface area contributed by atoms with E-state index in [1.54, 1.807) is 31.2 Å². The zero-order valence-electron chi connectivity index (χ0n) is 18.8. The van der Waals surface area contributed by atoms with Crippen molar-refractivity contribution in [2.75, 3.05) is 5.32 Å². The average Bonchev–Trinajstić information content (AvgIpc) is 2.78. The van der Waals surface area contributed by atoms with Crippen LogP contribution in [0.3, 0.4) is 0 Å². The van der Waals surface area contributed by atoms with Crippen LogP contribution in [-0.2, 0) is 21.4 Å². The molecule has 172 valence electrons. The van der Waals surface area contributed by atoms with Crippen molar-refractivity contribution in [3.8, 4) is 0 Å². The highest BCUT2D eigenvalue weighted by atomic mass is 32.2. The molecule has 3 rings (SSSR count). The van der Waals surface area contributed by atoms with Crippen molar-refractivity contribution < 1.29 is 18.0 Å². The summed E-state index contributed by atoms with van der Waals surface area (Å²) in [6, 6.07) is 20.5. The standard InChI is InChI=1S/C25H27N3O4S/c1-17-12-13-23(33(31,32)26-16-20-8-5-4-6-9-20)15-24(17)25(30)27-18(2)21-10-7-11-22(14-21)28-19(3)29/h4-15,18,26H,16H2,1-3H3,(H,27,30)(H,28,29). The molecule has 0 aliphatic rings. The maximum atomic E-state index is 13.0. The number of rotatable bonds is 8. The lowest BCUT2D eigenvalue weighted by atomic mass is 10.1. The maximum Gasteiger partial charge on any atom is 0.252 e. The Kier molecular flexibility index (Phi) is 7.63. The fraction of sp³-hybridized carbons (Fsp3) is 0.200. The van der Waals surface area contributed by atoms with Crippen molar-refractivity contribution >= 4 is 27.5 Å². The van der Waals surface area contributed by atoms with Crippen LogP contribution >= 0.6 is 0 Å². The molecule has 33 heavy (non-hydrogen) atoms. The normalized spacial score (nSPS) is 12.1. The second kappa shape index (κ2) is 10.4. The fourth-order valence-electron chi connectivity index (χ4n) is 3.32. The van der Waals surface area contributed by atoms with Crippen LogP contribution < -0.4 is 15.4 Å². The van der Waals surface area contributed by atoms with Crippen LogP contribution in [0.25, 0.3) is 0 Å². The summed E-state index contributed by atoms with van der Waals surface area (Å²) in [4.78, 5) is 24.3. The van der Waals surface area contributed by atoms with Crippen molar-refractivity contribution in [3.63, 3.8) is 0 Å². The predicted octanol–water partition coefficient (Wildman–Crippen LogP) is 3.92. The SMILES string of the molecule is CC(=O)Nc1cccc(C(C)NC(=O)c2cc(S(=O)(=O)NCc3ccccc3)ccc2C)c1. The maximum absolute atomic E-state index is 13.0. The van der Waals surface area contributed by atoms with Crippen LogP contribution in [-0.4, -0.2) is 20.2 Å². The summed E-state index contributed by atoms with van der Waals surface area (Å²) >= 11 is 0. The molecule has 0 fully saturated rings. The lowest BCUT2D eigenvalue weighted by Crippen LogP contribution is -2.28. The Morgan fingerprint density at radius 3 is 2.36 bits per heavy atom. The Balaban J connectivity index is 1.75. The summed E-state index contributed by atoms with van der Waals surface area (Å²) in [5.41, 5.74) is 3.22. The smallest absolute Gasteiger partial charge is 0.252 e. The molecule has 0 bridgehead atoms. The molecule has 3 aromatic carbocycles. The molecule has 0 spiro atoms. The lowest BCUT2D eigenvalue weighted by Gasteiger charge is -2.17. The average molecular weight is 466 g/mol. The summed E-state index contributed by atoms with van der Waals surface area (Å²) in [7, 11) is -3.80. The topological polar surface area (TPSA) is 104 Å². The van der Waals surface area contributed by atoms with Gasteiger partial charge in [0, 0.05) is 24.7 Å². The minimum absolute atomic E-state index is 0.0227. The molecular formula is C25H27N3O4S. The summed E-state index contributed by atoms with van der Waals surface area (Å²) in [6.45, 7) is 5.16. The number of carbonyl (C=O) groups is 2. The van der Waals surface area contributed by atoms with Gasteiger partial charge in [-0.2, -0.15) is 0 Å². The third-order valence-corrected chi connectivity index (χ3v) is 6.53. The number of hydrogen-bond donors (Lipinski definition) is 3. The monoisotopic (exact) mass is 465 g/mol. The zero-order chi connectivity index (χ0) is 24.0. The van der Waals surface area contributed by atoms with E-state index in [0.717, 1.165) is 11.1 Å². The van der Waals surface area contributed by atoms with Crippen LogP contribution in [0, 0.1) is 6.92 Å². The van der Waals surface area contributed by atoms with E-state index in [1.807, 2.05) is 43.3 Å². The first-order chi connectivity index (χ1) is 15.7. The van der Waals surface area contributed by atoms with Gasteiger partial charge >= 0.3 is 0 Å². The van der Waals surface area contributed by atoms with Gasteiger partial charge in [-0.3, -0.25) is 9.59 Å². The molecule has 8 heteroatoms. The largest absolute Gasteiger partial charge is 0.346 e. The molecular weight excluding hydrogens is 438 g/mol. The molecule has 0 aliphatic carbocycles.